The van der Waals surface area contributed by atoms with Crippen LogP contribution in [0.1, 0.15) is 37.6 Å². The lowest BCUT2D eigenvalue weighted by Crippen LogP contribution is -2.44. The third-order valence-corrected chi connectivity index (χ3v) is 5.56. The van der Waals surface area contributed by atoms with E-state index in [1.165, 1.54) is 35.6 Å². The van der Waals surface area contributed by atoms with E-state index >= 15 is 0 Å². The summed E-state index contributed by atoms with van der Waals surface area (Å²) < 4.78 is 26.1. The largest absolute Gasteiger partial charge is 0.478 e. The first-order valence-electron chi connectivity index (χ1n) is 5.95. The summed E-state index contributed by atoms with van der Waals surface area (Å²) in [6.07, 6.45) is 0.677. The molecule has 0 amide bonds. The molecule has 0 aliphatic heterocycles. The number of carbonyl (C=O) groups is 1. The van der Waals surface area contributed by atoms with E-state index in [4.69, 9.17) is 5.11 Å². The second-order valence-electron chi connectivity index (χ2n) is 4.97. The Hall–Kier alpha value is -1.40. The number of hydrogen-bond acceptors (Lipinski definition) is 3. The minimum absolute atomic E-state index is 0.0661. The molecule has 0 atom stereocenters. The topological polar surface area (TPSA) is 74.7 Å². The van der Waals surface area contributed by atoms with E-state index in [9.17, 15) is 13.2 Å². The van der Waals surface area contributed by atoms with Gasteiger partial charge >= 0.3 is 5.97 Å². The Balaban J connectivity index is 3.17. The Morgan fingerprint density at radius 2 is 1.74 bits per heavy atom. The van der Waals surface area contributed by atoms with Crippen molar-refractivity contribution in [2.75, 3.05) is 7.05 Å². The van der Waals surface area contributed by atoms with E-state index in [2.05, 4.69) is 0 Å². The molecule has 1 N–H and O–H groups in total. The molecule has 0 saturated heterocycles. The zero-order chi connectivity index (χ0) is 14.8. The fraction of sp³-hybridized carbons (Fsp3) is 0.462. The SMILES string of the molecule is CCC(C)(C)N(C)S(=O)(=O)c1ccc(C(=O)O)cc1. The van der Waals surface area contributed by atoms with Gasteiger partial charge in [-0.1, -0.05) is 6.92 Å². The third kappa shape index (κ3) is 3.13. The van der Waals surface area contributed by atoms with Gasteiger partial charge in [0.2, 0.25) is 10.0 Å². The van der Waals surface area contributed by atoms with Crippen LogP contribution >= 0.6 is 0 Å². The summed E-state index contributed by atoms with van der Waals surface area (Å²) in [5.74, 6) is -1.08. The predicted octanol–water partition coefficient (Wildman–Crippen LogP) is 2.19. The van der Waals surface area contributed by atoms with Crippen molar-refractivity contribution in [1.29, 1.82) is 0 Å². The number of carboxylic acids is 1. The molecule has 5 nitrogen and oxygen atoms in total. The Morgan fingerprint density at radius 1 is 1.26 bits per heavy atom. The first-order chi connectivity index (χ1) is 8.63. The van der Waals surface area contributed by atoms with E-state index in [-0.39, 0.29) is 10.5 Å². The van der Waals surface area contributed by atoms with Crippen LogP contribution < -0.4 is 0 Å². The quantitative estimate of drug-likeness (QED) is 0.900. The van der Waals surface area contributed by atoms with Crippen molar-refractivity contribution in [3.63, 3.8) is 0 Å². The van der Waals surface area contributed by atoms with Crippen molar-refractivity contribution in [1.82, 2.24) is 4.31 Å². The molecule has 0 radical (unpaired) electrons. The van der Waals surface area contributed by atoms with Crippen LogP contribution in [0.15, 0.2) is 29.2 Å². The average Bonchev–Trinajstić information content (AvgIpc) is 2.37. The molecule has 106 valence electrons. The first kappa shape index (κ1) is 15.7. The Bertz CT molecular complexity index is 561. The summed E-state index contributed by atoms with van der Waals surface area (Å²) in [6.45, 7) is 5.60. The highest BCUT2D eigenvalue weighted by Gasteiger charge is 2.32. The van der Waals surface area contributed by atoms with Gasteiger partial charge in [-0.15, -0.1) is 0 Å². The molecule has 0 spiro atoms. The molecule has 1 aromatic rings. The second kappa shape index (κ2) is 5.30. The highest BCUT2D eigenvalue weighted by Crippen LogP contribution is 2.25. The fourth-order valence-electron chi connectivity index (χ4n) is 1.48. The van der Waals surface area contributed by atoms with Crippen molar-refractivity contribution >= 4 is 16.0 Å². The molecule has 1 aromatic carbocycles. The van der Waals surface area contributed by atoms with Gasteiger partial charge in [-0.25, -0.2) is 13.2 Å². The summed E-state index contributed by atoms with van der Waals surface area (Å²) in [4.78, 5) is 10.8. The molecule has 0 unspecified atom stereocenters. The molecule has 0 fully saturated rings. The normalized spacial score (nSPS) is 12.7. The van der Waals surface area contributed by atoms with Gasteiger partial charge in [-0.3, -0.25) is 0 Å². The van der Waals surface area contributed by atoms with Crippen LogP contribution in [-0.2, 0) is 10.0 Å². The molecule has 0 bridgehead atoms. The summed E-state index contributed by atoms with van der Waals surface area (Å²) in [5.41, 5.74) is -0.430. The molecule has 0 heterocycles. The highest BCUT2D eigenvalue weighted by atomic mass is 32.2. The van der Waals surface area contributed by atoms with Crippen LogP contribution in [0.5, 0.6) is 0 Å². The molecular formula is C13H19NO4S. The molecule has 0 aromatic heterocycles. The van der Waals surface area contributed by atoms with Gasteiger partial charge < -0.3 is 5.11 Å². The predicted molar refractivity (Wildman–Crippen MR) is 72.7 cm³/mol. The summed E-state index contributed by atoms with van der Waals surface area (Å²) in [5, 5.41) is 8.80. The van der Waals surface area contributed by atoms with Crippen LogP contribution in [-0.4, -0.2) is 36.4 Å². The van der Waals surface area contributed by atoms with Crippen molar-refractivity contribution < 1.29 is 18.3 Å². The zero-order valence-electron chi connectivity index (χ0n) is 11.5. The third-order valence-electron chi connectivity index (χ3n) is 3.48. The molecule has 0 aliphatic carbocycles. The number of aromatic carboxylic acids is 1. The van der Waals surface area contributed by atoms with Crippen molar-refractivity contribution in [3.8, 4) is 0 Å². The smallest absolute Gasteiger partial charge is 0.335 e. The zero-order valence-corrected chi connectivity index (χ0v) is 12.4. The molecule has 1 rings (SSSR count). The Kier molecular flexibility index (Phi) is 4.37. The van der Waals surface area contributed by atoms with Gasteiger partial charge in [0.15, 0.2) is 0 Å². The number of hydrogen-bond donors (Lipinski definition) is 1. The standard InChI is InChI=1S/C13H19NO4S/c1-5-13(2,3)14(4)19(17,18)11-8-6-10(7-9-11)12(15)16/h6-9H,5H2,1-4H3,(H,15,16). The minimum Gasteiger partial charge on any atom is -0.478 e. The van der Waals surface area contributed by atoms with E-state index in [0.717, 1.165) is 0 Å². The number of rotatable bonds is 5. The van der Waals surface area contributed by atoms with Gasteiger partial charge in [0, 0.05) is 12.6 Å². The molecule has 19 heavy (non-hydrogen) atoms. The maximum atomic E-state index is 12.4. The summed E-state index contributed by atoms with van der Waals surface area (Å²) in [6, 6.07) is 5.23. The fourth-order valence-corrected chi connectivity index (χ4v) is 3.05. The van der Waals surface area contributed by atoms with Crippen LogP contribution in [0.4, 0.5) is 0 Å². The van der Waals surface area contributed by atoms with E-state index in [1.807, 2.05) is 20.8 Å². The van der Waals surface area contributed by atoms with Gasteiger partial charge in [0.25, 0.3) is 0 Å². The maximum Gasteiger partial charge on any atom is 0.335 e. The van der Waals surface area contributed by atoms with Gasteiger partial charge in [-0.2, -0.15) is 4.31 Å². The van der Waals surface area contributed by atoms with Crippen LogP contribution in [0.25, 0.3) is 0 Å². The Labute approximate surface area is 113 Å². The Morgan fingerprint density at radius 3 is 2.11 bits per heavy atom. The van der Waals surface area contributed by atoms with Crippen molar-refractivity contribution in [3.05, 3.63) is 29.8 Å². The highest BCUT2D eigenvalue weighted by molar-refractivity contribution is 7.89. The lowest BCUT2D eigenvalue weighted by molar-refractivity contribution is 0.0696. The molecule has 6 heteroatoms. The second-order valence-corrected chi connectivity index (χ2v) is 6.94. The van der Waals surface area contributed by atoms with E-state index in [0.29, 0.717) is 6.42 Å². The monoisotopic (exact) mass is 285 g/mol. The first-order valence-corrected chi connectivity index (χ1v) is 7.39. The van der Waals surface area contributed by atoms with Crippen molar-refractivity contribution in [2.45, 2.75) is 37.6 Å². The van der Waals surface area contributed by atoms with E-state index in [1.54, 1.807) is 0 Å². The van der Waals surface area contributed by atoms with Gasteiger partial charge in [0.1, 0.15) is 0 Å². The lowest BCUT2D eigenvalue weighted by atomic mass is 10.0. The molecule has 0 saturated carbocycles. The summed E-state index contributed by atoms with van der Waals surface area (Å²) >= 11 is 0. The summed E-state index contributed by atoms with van der Waals surface area (Å²) in [7, 11) is -2.08. The number of benzene rings is 1. The van der Waals surface area contributed by atoms with E-state index < -0.39 is 21.5 Å². The number of nitrogens with zero attached hydrogens (tertiary/aromatic N) is 1. The van der Waals surface area contributed by atoms with Gasteiger partial charge in [-0.05, 0) is 44.5 Å². The van der Waals surface area contributed by atoms with Crippen LogP contribution in [0.3, 0.4) is 0 Å². The van der Waals surface area contributed by atoms with Crippen molar-refractivity contribution in [2.24, 2.45) is 0 Å². The van der Waals surface area contributed by atoms with Crippen LogP contribution in [0, 0.1) is 0 Å². The lowest BCUT2D eigenvalue weighted by Gasteiger charge is -2.33. The van der Waals surface area contributed by atoms with Gasteiger partial charge in [0.05, 0.1) is 10.5 Å². The molecular weight excluding hydrogens is 266 g/mol. The maximum absolute atomic E-state index is 12.4. The minimum atomic E-state index is -3.61. The molecule has 0 aliphatic rings. The number of sulfonamides is 1. The van der Waals surface area contributed by atoms with Crippen LogP contribution in [0.2, 0.25) is 0 Å². The number of carboxylic acid groups (broad SMARTS) is 1. The average molecular weight is 285 g/mol.